The zero-order valence-electron chi connectivity index (χ0n) is 11.8. The topological polar surface area (TPSA) is 63.4 Å². The SMILES string of the molecule is CC1(C)CCCN(S(=O)(=O)c2cccc(C(N)=S)c2)C1. The second-order valence-electron chi connectivity index (χ2n) is 6.00. The highest BCUT2D eigenvalue weighted by Crippen LogP contribution is 2.31. The Morgan fingerprint density at radius 2 is 2.10 bits per heavy atom. The van der Waals surface area contributed by atoms with E-state index in [1.165, 1.54) is 0 Å². The Kier molecular flexibility index (Phi) is 4.18. The second kappa shape index (κ2) is 5.42. The van der Waals surface area contributed by atoms with E-state index in [1.54, 1.807) is 28.6 Å². The maximum atomic E-state index is 12.7. The van der Waals surface area contributed by atoms with Gasteiger partial charge in [-0.05, 0) is 30.4 Å². The normalized spacial score (nSPS) is 19.7. The minimum absolute atomic E-state index is 0.0199. The molecule has 1 aromatic carbocycles. The third kappa shape index (κ3) is 3.19. The first-order valence-electron chi connectivity index (χ1n) is 6.62. The smallest absolute Gasteiger partial charge is 0.243 e. The van der Waals surface area contributed by atoms with Gasteiger partial charge in [-0.15, -0.1) is 0 Å². The summed E-state index contributed by atoms with van der Waals surface area (Å²) in [5, 5.41) is 0. The highest BCUT2D eigenvalue weighted by atomic mass is 32.2. The van der Waals surface area contributed by atoms with E-state index in [2.05, 4.69) is 13.8 Å². The average molecular weight is 312 g/mol. The first-order valence-corrected chi connectivity index (χ1v) is 8.47. The number of sulfonamides is 1. The van der Waals surface area contributed by atoms with Crippen LogP contribution in [0.4, 0.5) is 0 Å². The van der Waals surface area contributed by atoms with Crippen molar-refractivity contribution in [1.29, 1.82) is 0 Å². The number of benzene rings is 1. The second-order valence-corrected chi connectivity index (χ2v) is 8.38. The molecule has 0 radical (unpaired) electrons. The number of piperidine rings is 1. The highest BCUT2D eigenvalue weighted by molar-refractivity contribution is 7.89. The standard InChI is InChI=1S/C14H20N2O2S2/c1-14(2)7-4-8-16(10-14)20(17,18)12-6-3-5-11(9-12)13(15)19/h3,5-6,9H,4,7-8,10H2,1-2H3,(H2,15,19). The molecule has 6 heteroatoms. The summed E-state index contributed by atoms with van der Waals surface area (Å²) >= 11 is 4.91. The van der Waals surface area contributed by atoms with E-state index in [1.807, 2.05) is 0 Å². The Balaban J connectivity index is 2.35. The zero-order chi connectivity index (χ0) is 15.0. The Hall–Kier alpha value is -0.980. The molecule has 0 spiro atoms. The lowest BCUT2D eigenvalue weighted by Gasteiger charge is -2.37. The van der Waals surface area contributed by atoms with Crippen molar-refractivity contribution in [2.45, 2.75) is 31.6 Å². The average Bonchev–Trinajstić information content (AvgIpc) is 2.37. The van der Waals surface area contributed by atoms with Crippen molar-refractivity contribution in [2.75, 3.05) is 13.1 Å². The number of rotatable bonds is 3. The molecule has 0 saturated carbocycles. The van der Waals surface area contributed by atoms with E-state index in [0.29, 0.717) is 18.7 Å². The molecule has 2 N–H and O–H groups in total. The van der Waals surface area contributed by atoms with Crippen molar-refractivity contribution >= 4 is 27.2 Å². The van der Waals surface area contributed by atoms with Crippen LogP contribution in [0.5, 0.6) is 0 Å². The van der Waals surface area contributed by atoms with Crippen LogP contribution in [-0.2, 0) is 10.0 Å². The lowest BCUT2D eigenvalue weighted by molar-refractivity contribution is 0.187. The van der Waals surface area contributed by atoms with Crippen molar-refractivity contribution < 1.29 is 8.42 Å². The zero-order valence-corrected chi connectivity index (χ0v) is 13.4. The molecule has 1 saturated heterocycles. The van der Waals surface area contributed by atoms with Gasteiger partial charge in [0.25, 0.3) is 0 Å². The molecule has 1 aromatic rings. The van der Waals surface area contributed by atoms with Crippen molar-refractivity contribution in [1.82, 2.24) is 4.31 Å². The van der Waals surface area contributed by atoms with E-state index < -0.39 is 10.0 Å². The quantitative estimate of drug-likeness (QED) is 0.869. The fourth-order valence-corrected chi connectivity index (χ4v) is 4.37. The van der Waals surface area contributed by atoms with Crippen molar-refractivity contribution in [2.24, 2.45) is 11.1 Å². The molecule has 0 atom stereocenters. The minimum atomic E-state index is -3.47. The van der Waals surface area contributed by atoms with Gasteiger partial charge in [0.15, 0.2) is 0 Å². The number of nitrogens with two attached hydrogens (primary N) is 1. The first kappa shape index (κ1) is 15.4. The molecule has 1 fully saturated rings. The lowest BCUT2D eigenvalue weighted by atomic mass is 9.85. The summed E-state index contributed by atoms with van der Waals surface area (Å²) < 4.78 is 26.9. The molecular weight excluding hydrogens is 292 g/mol. The number of hydrogen-bond donors (Lipinski definition) is 1. The maximum absolute atomic E-state index is 12.7. The van der Waals surface area contributed by atoms with Gasteiger partial charge in [0.2, 0.25) is 10.0 Å². The van der Waals surface area contributed by atoms with Crippen LogP contribution >= 0.6 is 12.2 Å². The lowest BCUT2D eigenvalue weighted by Crippen LogP contribution is -2.43. The molecule has 110 valence electrons. The summed E-state index contributed by atoms with van der Waals surface area (Å²) in [6.45, 7) is 5.32. The Morgan fingerprint density at radius 1 is 1.40 bits per heavy atom. The summed E-state index contributed by atoms with van der Waals surface area (Å²) in [6, 6.07) is 6.55. The molecule has 4 nitrogen and oxygen atoms in total. The van der Waals surface area contributed by atoms with Crippen LogP contribution in [0.3, 0.4) is 0 Å². The van der Waals surface area contributed by atoms with E-state index in [9.17, 15) is 8.42 Å². The third-order valence-corrected chi connectivity index (χ3v) is 5.70. The van der Waals surface area contributed by atoms with Crippen LogP contribution < -0.4 is 5.73 Å². The predicted molar refractivity (Wildman–Crippen MR) is 84.1 cm³/mol. The van der Waals surface area contributed by atoms with Gasteiger partial charge in [-0.3, -0.25) is 0 Å². The number of thiocarbonyl (C=S) groups is 1. The van der Waals surface area contributed by atoms with Crippen LogP contribution in [0.2, 0.25) is 0 Å². The predicted octanol–water partition coefficient (Wildman–Crippen LogP) is 2.13. The number of nitrogens with zero attached hydrogens (tertiary/aromatic N) is 1. The molecule has 2 rings (SSSR count). The van der Waals surface area contributed by atoms with Crippen molar-refractivity contribution in [3.8, 4) is 0 Å². The summed E-state index contributed by atoms with van der Waals surface area (Å²) in [6.07, 6.45) is 1.94. The Bertz CT molecular complexity index is 624. The Morgan fingerprint density at radius 3 is 2.70 bits per heavy atom. The first-order chi connectivity index (χ1) is 9.22. The number of hydrogen-bond acceptors (Lipinski definition) is 3. The van der Waals surface area contributed by atoms with Gasteiger partial charge < -0.3 is 5.73 Å². The van der Waals surface area contributed by atoms with Crippen molar-refractivity contribution in [3.05, 3.63) is 29.8 Å². The van der Waals surface area contributed by atoms with Crippen LogP contribution in [0.15, 0.2) is 29.2 Å². The maximum Gasteiger partial charge on any atom is 0.243 e. The molecule has 0 unspecified atom stereocenters. The van der Waals surface area contributed by atoms with Crippen LogP contribution in [0, 0.1) is 5.41 Å². The molecule has 0 aromatic heterocycles. The van der Waals surface area contributed by atoms with Gasteiger partial charge in [0, 0.05) is 18.7 Å². The summed E-state index contributed by atoms with van der Waals surface area (Å²) in [5.41, 5.74) is 6.17. The third-order valence-electron chi connectivity index (χ3n) is 3.62. The van der Waals surface area contributed by atoms with E-state index >= 15 is 0 Å². The van der Waals surface area contributed by atoms with Gasteiger partial charge in [-0.1, -0.05) is 38.2 Å². The summed E-state index contributed by atoms with van der Waals surface area (Å²) in [7, 11) is -3.47. The highest BCUT2D eigenvalue weighted by Gasteiger charge is 2.34. The van der Waals surface area contributed by atoms with Gasteiger partial charge in [-0.25, -0.2) is 8.42 Å². The van der Waals surface area contributed by atoms with Crippen LogP contribution in [0.25, 0.3) is 0 Å². The van der Waals surface area contributed by atoms with Crippen molar-refractivity contribution in [3.63, 3.8) is 0 Å². The van der Waals surface area contributed by atoms with Gasteiger partial charge >= 0.3 is 0 Å². The largest absolute Gasteiger partial charge is 0.389 e. The molecule has 0 amide bonds. The van der Waals surface area contributed by atoms with Gasteiger partial charge in [-0.2, -0.15) is 4.31 Å². The molecule has 1 heterocycles. The van der Waals surface area contributed by atoms with Crippen LogP contribution in [-0.4, -0.2) is 30.8 Å². The molecule has 1 aliphatic rings. The molecule has 1 aliphatic heterocycles. The molecule has 0 aliphatic carbocycles. The molecular formula is C14H20N2O2S2. The fourth-order valence-electron chi connectivity index (χ4n) is 2.53. The van der Waals surface area contributed by atoms with E-state index in [0.717, 1.165) is 12.8 Å². The monoisotopic (exact) mass is 312 g/mol. The van der Waals surface area contributed by atoms with Gasteiger partial charge in [0.1, 0.15) is 4.99 Å². The van der Waals surface area contributed by atoms with Gasteiger partial charge in [0.05, 0.1) is 4.90 Å². The molecule has 0 bridgehead atoms. The van der Waals surface area contributed by atoms with Crippen LogP contribution in [0.1, 0.15) is 32.3 Å². The minimum Gasteiger partial charge on any atom is -0.389 e. The summed E-state index contributed by atoms with van der Waals surface area (Å²) in [4.78, 5) is 0.474. The van der Waals surface area contributed by atoms with E-state index in [4.69, 9.17) is 18.0 Å². The summed E-state index contributed by atoms with van der Waals surface area (Å²) in [5.74, 6) is 0. The molecule has 20 heavy (non-hydrogen) atoms. The van der Waals surface area contributed by atoms with E-state index in [-0.39, 0.29) is 15.3 Å². The Labute approximate surface area is 126 Å². The fraction of sp³-hybridized carbons (Fsp3) is 0.500.